The molecule has 0 atom stereocenters. The third-order valence-corrected chi connectivity index (χ3v) is 2.72. The van der Waals surface area contributed by atoms with Crippen LogP contribution in [0.3, 0.4) is 0 Å². The van der Waals surface area contributed by atoms with Crippen LogP contribution < -0.4 is 10.6 Å². The molecule has 2 rings (SSSR count). The van der Waals surface area contributed by atoms with Crippen LogP contribution in [-0.2, 0) is 4.79 Å². The van der Waals surface area contributed by atoms with E-state index in [9.17, 15) is 9.59 Å². The molecule has 6 nitrogen and oxygen atoms in total. The Balaban J connectivity index is 1.75. The molecule has 0 saturated heterocycles. The van der Waals surface area contributed by atoms with E-state index in [0.29, 0.717) is 0 Å². The Morgan fingerprint density at radius 1 is 1.47 bits per heavy atom. The van der Waals surface area contributed by atoms with Gasteiger partial charge in [0.1, 0.15) is 0 Å². The van der Waals surface area contributed by atoms with Crippen molar-refractivity contribution in [2.24, 2.45) is 0 Å². The van der Waals surface area contributed by atoms with Gasteiger partial charge in [-0.25, -0.2) is 0 Å². The first-order valence-electron chi connectivity index (χ1n) is 5.39. The first kappa shape index (κ1) is 11.7. The first-order chi connectivity index (χ1) is 8.15. The van der Waals surface area contributed by atoms with Crippen molar-refractivity contribution in [2.45, 2.75) is 18.4 Å². The summed E-state index contributed by atoms with van der Waals surface area (Å²) in [5, 5.41) is 14.1. The molecule has 1 aliphatic rings. The van der Waals surface area contributed by atoms with Gasteiger partial charge in [0.2, 0.25) is 5.91 Å². The maximum atomic E-state index is 11.5. The monoisotopic (exact) mass is 238 g/mol. The zero-order valence-electron chi connectivity index (χ0n) is 9.23. The maximum Gasteiger partial charge on any atom is 0.287 e. The van der Waals surface area contributed by atoms with Crippen LogP contribution in [0.4, 0.5) is 0 Å². The van der Waals surface area contributed by atoms with Gasteiger partial charge < -0.3 is 20.2 Å². The van der Waals surface area contributed by atoms with E-state index in [1.165, 1.54) is 12.3 Å². The minimum atomic E-state index is -0.452. The highest BCUT2D eigenvalue weighted by molar-refractivity contribution is 5.94. The fraction of sp³-hybridized carbons (Fsp3) is 0.455. The van der Waals surface area contributed by atoms with Crippen molar-refractivity contribution in [3.63, 3.8) is 0 Å². The average molecular weight is 238 g/mol. The van der Waals surface area contributed by atoms with Gasteiger partial charge in [0.15, 0.2) is 5.76 Å². The fourth-order valence-corrected chi connectivity index (χ4v) is 1.47. The van der Waals surface area contributed by atoms with E-state index in [1.807, 2.05) is 0 Å². The second kappa shape index (κ2) is 4.58. The van der Waals surface area contributed by atoms with Crippen LogP contribution in [0.5, 0.6) is 0 Å². The number of amides is 2. The standard InChI is InChI=1S/C11H14N2O4/c14-7-11(3-4-11)13-9(15)6-12-10(16)8-2-1-5-17-8/h1-2,5,14H,3-4,6-7H2,(H,12,16)(H,13,15). The number of hydrogen-bond donors (Lipinski definition) is 3. The zero-order valence-corrected chi connectivity index (χ0v) is 9.23. The Labute approximate surface area is 98.0 Å². The Hall–Kier alpha value is -1.82. The lowest BCUT2D eigenvalue weighted by atomic mass is 10.3. The molecule has 1 heterocycles. The summed E-state index contributed by atoms with van der Waals surface area (Å²) in [4.78, 5) is 22.9. The number of aliphatic hydroxyl groups excluding tert-OH is 1. The van der Waals surface area contributed by atoms with Crippen LogP contribution in [0, 0.1) is 0 Å². The van der Waals surface area contributed by atoms with Gasteiger partial charge in [0.05, 0.1) is 25.0 Å². The van der Waals surface area contributed by atoms with Gasteiger partial charge in [-0.15, -0.1) is 0 Å². The molecule has 1 fully saturated rings. The van der Waals surface area contributed by atoms with Crippen molar-refractivity contribution < 1.29 is 19.1 Å². The van der Waals surface area contributed by atoms with Gasteiger partial charge in [-0.1, -0.05) is 0 Å². The molecule has 0 radical (unpaired) electrons. The average Bonchev–Trinajstić information content (AvgIpc) is 2.89. The van der Waals surface area contributed by atoms with E-state index in [0.717, 1.165) is 12.8 Å². The fourth-order valence-electron chi connectivity index (χ4n) is 1.47. The van der Waals surface area contributed by atoms with Crippen molar-refractivity contribution >= 4 is 11.8 Å². The summed E-state index contributed by atoms with van der Waals surface area (Å²) < 4.78 is 4.88. The van der Waals surface area contributed by atoms with Gasteiger partial charge in [-0.05, 0) is 25.0 Å². The maximum absolute atomic E-state index is 11.5. The smallest absolute Gasteiger partial charge is 0.287 e. The van der Waals surface area contributed by atoms with E-state index in [2.05, 4.69) is 10.6 Å². The number of carbonyl (C=O) groups excluding carboxylic acids is 2. The highest BCUT2D eigenvalue weighted by atomic mass is 16.3. The SMILES string of the molecule is O=C(CNC(=O)c1ccco1)NC1(CO)CC1. The molecule has 1 aromatic heterocycles. The number of furan rings is 1. The number of carbonyl (C=O) groups is 2. The van der Waals surface area contributed by atoms with Gasteiger partial charge in [-0.3, -0.25) is 9.59 Å². The molecular weight excluding hydrogens is 224 g/mol. The van der Waals surface area contributed by atoms with Gasteiger partial charge >= 0.3 is 0 Å². The van der Waals surface area contributed by atoms with Gasteiger partial charge in [0.25, 0.3) is 5.91 Å². The molecule has 92 valence electrons. The Kier molecular flexibility index (Phi) is 3.14. The summed E-state index contributed by atoms with van der Waals surface area (Å²) in [6, 6.07) is 3.11. The topological polar surface area (TPSA) is 91.6 Å². The summed E-state index contributed by atoms with van der Waals surface area (Å²) >= 11 is 0. The predicted molar refractivity (Wildman–Crippen MR) is 58.2 cm³/mol. The molecule has 0 aromatic carbocycles. The lowest BCUT2D eigenvalue weighted by molar-refractivity contribution is -0.121. The van der Waals surface area contributed by atoms with Crippen LogP contribution in [0.1, 0.15) is 23.4 Å². The van der Waals surface area contributed by atoms with E-state index in [1.54, 1.807) is 6.07 Å². The summed E-state index contributed by atoms with van der Waals surface area (Å²) in [6.45, 7) is -0.188. The van der Waals surface area contributed by atoms with E-state index < -0.39 is 11.4 Å². The molecule has 1 aliphatic carbocycles. The van der Waals surface area contributed by atoms with Crippen LogP contribution in [0.2, 0.25) is 0 Å². The molecule has 0 aliphatic heterocycles. The molecular formula is C11H14N2O4. The summed E-state index contributed by atoms with van der Waals surface area (Å²) in [6.07, 6.45) is 2.95. The van der Waals surface area contributed by atoms with Crippen LogP contribution in [0.25, 0.3) is 0 Å². The summed E-state index contributed by atoms with van der Waals surface area (Å²) in [5.41, 5.74) is -0.452. The van der Waals surface area contributed by atoms with Crippen molar-refractivity contribution in [3.05, 3.63) is 24.2 Å². The highest BCUT2D eigenvalue weighted by Gasteiger charge is 2.43. The largest absolute Gasteiger partial charge is 0.459 e. The number of aliphatic hydroxyl groups is 1. The number of nitrogens with one attached hydrogen (secondary N) is 2. The second-order valence-corrected chi connectivity index (χ2v) is 4.15. The van der Waals surface area contributed by atoms with Crippen molar-refractivity contribution in [2.75, 3.05) is 13.2 Å². The normalized spacial score (nSPS) is 16.3. The second-order valence-electron chi connectivity index (χ2n) is 4.15. The summed E-state index contributed by atoms with van der Waals surface area (Å²) in [7, 11) is 0. The number of hydrogen-bond acceptors (Lipinski definition) is 4. The van der Waals surface area contributed by atoms with E-state index in [4.69, 9.17) is 9.52 Å². The van der Waals surface area contributed by atoms with Crippen LogP contribution >= 0.6 is 0 Å². The van der Waals surface area contributed by atoms with Crippen molar-refractivity contribution in [1.82, 2.24) is 10.6 Å². The Morgan fingerprint density at radius 3 is 2.76 bits per heavy atom. The first-order valence-corrected chi connectivity index (χ1v) is 5.39. The van der Waals surface area contributed by atoms with Crippen LogP contribution in [0.15, 0.2) is 22.8 Å². The van der Waals surface area contributed by atoms with E-state index in [-0.39, 0.29) is 24.8 Å². The third kappa shape index (κ3) is 2.85. The lowest BCUT2D eigenvalue weighted by Crippen LogP contribution is -2.45. The van der Waals surface area contributed by atoms with Gasteiger partial charge in [-0.2, -0.15) is 0 Å². The summed E-state index contributed by atoms with van der Waals surface area (Å²) in [5.74, 6) is -0.573. The predicted octanol–water partition coefficient (Wildman–Crippen LogP) is -0.350. The van der Waals surface area contributed by atoms with E-state index >= 15 is 0 Å². The van der Waals surface area contributed by atoms with Crippen LogP contribution in [-0.4, -0.2) is 35.6 Å². The molecule has 0 unspecified atom stereocenters. The molecule has 6 heteroatoms. The minimum absolute atomic E-state index is 0.0646. The molecule has 1 aromatic rings. The quantitative estimate of drug-likeness (QED) is 0.654. The van der Waals surface area contributed by atoms with Crippen molar-refractivity contribution in [1.29, 1.82) is 0 Å². The third-order valence-electron chi connectivity index (χ3n) is 2.72. The zero-order chi connectivity index (χ0) is 12.3. The number of rotatable bonds is 5. The molecule has 1 saturated carbocycles. The van der Waals surface area contributed by atoms with Gasteiger partial charge in [0, 0.05) is 0 Å². The molecule has 3 N–H and O–H groups in total. The van der Waals surface area contributed by atoms with Crippen molar-refractivity contribution in [3.8, 4) is 0 Å². The highest BCUT2D eigenvalue weighted by Crippen LogP contribution is 2.34. The minimum Gasteiger partial charge on any atom is -0.459 e. The molecule has 2 amide bonds. The molecule has 17 heavy (non-hydrogen) atoms. The Bertz CT molecular complexity index is 409. The Morgan fingerprint density at radius 2 is 2.24 bits per heavy atom. The lowest BCUT2D eigenvalue weighted by Gasteiger charge is -2.14. The molecule has 0 spiro atoms. The molecule has 0 bridgehead atoms.